The Morgan fingerprint density at radius 2 is 1.67 bits per heavy atom. The fourth-order valence-corrected chi connectivity index (χ4v) is 2.29. The van der Waals surface area contributed by atoms with Crippen LogP contribution in [-0.2, 0) is 11.2 Å². The number of para-hydroxylation sites is 1. The fourth-order valence-electron chi connectivity index (χ4n) is 2.29. The lowest BCUT2D eigenvalue weighted by Crippen LogP contribution is -2.23. The number of carbonyl (C=O) groups excluding carboxylic acids is 1. The first-order valence-electron chi connectivity index (χ1n) is 7.19. The summed E-state index contributed by atoms with van der Waals surface area (Å²) in [6.45, 7) is 3.60. The summed E-state index contributed by atoms with van der Waals surface area (Å²) in [5.74, 6) is -0.165. The van der Waals surface area contributed by atoms with Crippen molar-refractivity contribution in [2.75, 3.05) is 5.32 Å². The molecule has 0 spiro atoms. The summed E-state index contributed by atoms with van der Waals surface area (Å²) in [5, 5.41) is 12.7. The van der Waals surface area contributed by atoms with Crippen LogP contribution in [0.3, 0.4) is 0 Å². The highest BCUT2D eigenvalue weighted by Gasteiger charge is 2.16. The third kappa shape index (κ3) is 4.17. The van der Waals surface area contributed by atoms with Gasteiger partial charge in [0.1, 0.15) is 0 Å². The summed E-state index contributed by atoms with van der Waals surface area (Å²) in [4.78, 5) is 12.3. The van der Waals surface area contributed by atoms with Crippen LogP contribution < -0.4 is 5.32 Å². The number of amides is 1. The van der Waals surface area contributed by atoms with Crippen molar-refractivity contribution < 1.29 is 9.90 Å². The van der Waals surface area contributed by atoms with E-state index >= 15 is 0 Å². The van der Waals surface area contributed by atoms with Crippen LogP contribution in [-0.4, -0.2) is 11.0 Å². The molecule has 2 aromatic carbocycles. The van der Waals surface area contributed by atoms with Crippen molar-refractivity contribution in [3.05, 3.63) is 65.7 Å². The van der Waals surface area contributed by atoms with Crippen LogP contribution in [0.5, 0.6) is 0 Å². The Morgan fingerprint density at radius 3 is 2.33 bits per heavy atom. The molecule has 0 aliphatic rings. The van der Waals surface area contributed by atoms with Crippen molar-refractivity contribution >= 4 is 11.6 Å². The zero-order chi connectivity index (χ0) is 15.2. The number of hydrogen-bond acceptors (Lipinski definition) is 2. The van der Waals surface area contributed by atoms with Crippen molar-refractivity contribution in [1.29, 1.82) is 0 Å². The van der Waals surface area contributed by atoms with Crippen LogP contribution >= 0.6 is 0 Å². The Morgan fingerprint density at radius 1 is 1.05 bits per heavy atom. The Balaban J connectivity index is 2.04. The van der Waals surface area contributed by atoms with Gasteiger partial charge in [-0.1, -0.05) is 55.5 Å². The molecule has 0 saturated carbocycles. The second-order valence-electron chi connectivity index (χ2n) is 5.34. The van der Waals surface area contributed by atoms with Crippen LogP contribution in [0.1, 0.15) is 31.1 Å². The topological polar surface area (TPSA) is 49.3 Å². The van der Waals surface area contributed by atoms with E-state index in [4.69, 9.17) is 0 Å². The normalized spacial score (nSPS) is 13.5. The van der Waals surface area contributed by atoms with Gasteiger partial charge < -0.3 is 10.4 Å². The molecule has 21 heavy (non-hydrogen) atoms. The van der Waals surface area contributed by atoms with Crippen molar-refractivity contribution in [3.8, 4) is 0 Å². The van der Waals surface area contributed by atoms with Gasteiger partial charge in [0, 0.05) is 17.2 Å². The zero-order valence-electron chi connectivity index (χ0n) is 12.4. The minimum Gasteiger partial charge on any atom is -0.389 e. The summed E-state index contributed by atoms with van der Waals surface area (Å²) in [6.07, 6.45) is 0.0923. The molecule has 0 aliphatic carbocycles. The molecule has 0 aromatic heterocycles. The second kappa shape index (κ2) is 7.04. The molecule has 2 atom stereocenters. The van der Waals surface area contributed by atoms with Crippen LogP contribution in [0.25, 0.3) is 0 Å². The minimum absolute atomic E-state index is 0.0352. The monoisotopic (exact) mass is 283 g/mol. The van der Waals surface area contributed by atoms with Gasteiger partial charge in [0.05, 0.1) is 6.10 Å². The summed E-state index contributed by atoms with van der Waals surface area (Å²) < 4.78 is 0. The average molecular weight is 283 g/mol. The SMILES string of the molecule is CC(Cc1ccccc1)C(=O)Nc1ccccc1C(C)O. The van der Waals surface area contributed by atoms with E-state index in [0.29, 0.717) is 12.1 Å². The van der Waals surface area contributed by atoms with Gasteiger partial charge >= 0.3 is 0 Å². The van der Waals surface area contributed by atoms with E-state index in [0.717, 1.165) is 11.1 Å². The Labute approximate surface area is 125 Å². The number of aliphatic hydroxyl groups is 1. The average Bonchev–Trinajstić information content (AvgIpc) is 2.48. The lowest BCUT2D eigenvalue weighted by Gasteiger charge is -2.16. The van der Waals surface area contributed by atoms with E-state index < -0.39 is 6.10 Å². The van der Waals surface area contributed by atoms with Crippen LogP contribution in [0.4, 0.5) is 5.69 Å². The molecule has 2 aromatic rings. The van der Waals surface area contributed by atoms with Crippen molar-refractivity contribution in [2.45, 2.75) is 26.4 Å². The molecular weight excluding hydrogens is 262 g/mol. The number of hydrogen-bond donors (Lipinski definition) is 2. The quantitative estimate of drug-likeness (QED) is 0.881. The largest absolute Gasteiger partial charge is 0.389 e. The first kappa shape index (κ1) is 15.3. The van der Waals surface area contributed by atoms with Crippen LogP contribution in [0.2, 0.25) is 0 Å². The smallest absolute Gasteiger partial charge is 0.227 e. The standard InChI is InChI=1S/C18H21NO2/c1-13(12-15-8-4-3-5-9-15)18(21)19-17-11-7-6-10-16(17)14(2)20/h3-11,13-14,20H,12H2,1-2H3,(H,19,21). The summed E-state index contributed by atoms with van der Waals surface area (Å²) in [7, 11) is 0. The van der Waals surface area contributed by atoms with Crippen molar-refractivity contribution in [3.63, 3.8) is 0 Å². The number of aliphatic hydroxyl groups excluding tert-OH is 1. The van der Waals surface area contributed by atoms with Gasteiger partial charge in [-0.05, 0) is 25.0 Å². The van der Waals surface area contributed by atoms with Gasteiger partial charge in [-0.3, -0.25) is 4.79 Å². The van der Waals surface area contributed by atoms with Crippen molar-refractivity contribution in [1.82, 2.24) is 0 Å². The fraction of sp³-hybridized carbons (Fsp3) is 0.278. The summed E-state index contributed by atoms with van der Waals surface area (Å²) in [5.41, 5.74) is 2.55. The molecule has 0 radical (unpaired) electrons. The highest BCUT2D eigenvalue weighted by atomic mass is 16.3. The van der Waals surface area contributed by atoms with Gasteiger partial charge in [-0.25, -0.2) is 0 Å². The second-order valence-corrected chi connectivity index (χ2v) is 5.34. The van der Waals surface area contributed by atoms with E-state index in [-0.39, 0.29) is 11.8 Å². The lowest BCUT2D eigenvalue weighted by molar-refractivity contribution is -0.119. The van der Waals surface area contributed by atoms with E-state index in [9.17, 15) is 9.90 Å². The number of benzene rings is 2. The van der Waals surface area contributed by atoms with E-state index in [1.165, 1.54) is 0 Å². The van der Waals surface area contributed by atoms with E-state index in [1.54, 1.807) is 6.92 Å². The molecule has 3 nitrogen and oxygen atoms in total. The zero-order valence-corrected chi connectivity index (χ0v) is 12.4. The Bertz CT molecular complexity index is 593. The highest BCUT2D eigenvalue weighted by molar-refractivity contribution is 5.93. The third-order valence-corrected chi connectivity index (χ3v) is 3.50. The lowest BCUT2D eigenvalue weighted by atomic mass is 10.00. The molecule has 0 fully saturated rings. The van der Waals surface area contributed by atoms with Gasteiger partial charge in [-0.15, -0.1) is 0 Å². The molecule has 110 valence electrons. The number of anilines is 1. The maximum Gasteiger partial charge on any atom is 0.227 e. The Kier molecular flexibility index (Phi) is 5.12. The van der Waals surface area contributed by atoms with Crippen LogP contribution in [0.15, 0.2) is 54.6 Å². The third-order valence-electron chi connectivity index (χ3n) is 3.50. The van der Waals surface area contributed by atoms with Crippen LogP contribution in [0, 0.1) is 5.92 Å². The molecule has 0 saturated heterocycles. The maximum atomic E-state index is 12.3. The van der Waals surface area contributed by atoms with Gasteiger partial charge in [0.2, 0.25) is 5.91 Å². The molecule has 0 bridgehead atoms. The molecule has 0 aliphatic heterocycles. The number of rotatable bonds is 5. The van der Waals surface area contributed by atoms with E-state index in [1.807, 2.05) is 61.5 Å². The predicted molar refractivity (Wildman–Crippen MR) is 85.0 cm³/mol. The number of nitrogens with one attached hydrogen (secondary N) is 1. The van der Waals surface area contributed by atoms with E-state index in [2.05, 4.69) is 5.32 Å². The first-order valence-corrected chi connectivity index (χ1v) is 7.19. The minimum atomic E-state index is -0.606. The molecule has 0 heterocycles. The van der Waals surface area contributed by atoms with Gasteiger partial charge in [0.25, 0.3) is 0 Å². The van der Waals surface area contributed by atoms with Gasteiger partial charge in [0.15, 0.2) is 0 Å². The Hall–Kier alpha value is -2.13. The predicted octanol–water partition coefficient (Wildman–Crippen LogP) is 3.56. The number of carbonyl (C=O) groups is 1. The molecule has 1 amide bonds. The van der Waals surface area contributed by atoms with Gasteiger partial charge in [-0.2, -0.15) is 0 Å². The van der Waals surface area contributed by atoms with Crippen molar-refractivity contribution in [2.24, 2.45) is 5.92 Å². The summed E-state index contributed by atoms with van der Waals surface area (Å²) in [6, 6.07) is 17.3. The molecule has 2 rings (SSSR count). The highest BCUT2D eigenvalue weighted by Crippen LogP contribution is 2.23. The summed E-state index contributed by atoms with van der Waals surface area (Å²) >= 11 is 0. The first-order chi connectivity index (χ1) is 10.1. The molecule has 2 unspecified atom stereocenters. The molecule has 2 N–H and O–H groups in total. The molecular formula is C18H21NO2. The maximum absolute atomic E-state index is 12.3. The molecule has 3 heteroatoms.